The van der Waals surface area contributed by atoms with E-state index in [1.807, 2.05) is 25.1 Å². The molecule has 3 rings (SSSR count). The van der Waals surface area contributed by atoms with Gasteiger partial charge in [0.15, 0.2) is 0 Å². The van der Waals surface area contributed by atoms with Crippen molar-refractivity contribution in [1.82, 2.24) is 20.5 Å². The average Bonchev–Trinajstić information content (AvgIpc) is 3.14. The molecule has 0 amide bonds. The summed E-state index contributed by atoms with van der Waals surface area (Å²) in [6.45, 7) is 13.1. The van der Waals surface area contributed by atoms with Gasteiger partial charge >= 0.3 is 0 Å². The number of hydrogen-bond donors (Lipinski definition) is 5. The fourth-order valence-corrected chi connectivity index (χ4v) is 4.01. The van der Waals surface area contributed by atoms with E-state index < -0.39 is 0 Å². The van der Waals surface area contributed by atoms with E-state index in [1.165, 1.54) is 6.21 Å². The van der Waals surface area contributed by atoms with Crippen molar-refractivity contribution < 1.29 is 0 Å². The van der Waals surface area contributed by atoms with E-state index in [0.717, 1.165) is 70.2 Å². The van der Waals surface area contributed by atoms with E-state index in [-0.39, 0.29) is 6.04 Å². The van der Waals surface area contributed by atoms with Gasteiger partial charge in [-0.2, -0.15) is 0 Å². The number of nitrogens with one attached hydrogen (secondary N) is 4. The number of piperidine rings is 1. The van der Waals surface area contributed by atoms with Crippen LogP contribution in [0.3, 0.4) is 0 Å². The van der Waals surface area contributed by atoms with Crippen LogP contribution >= 0.6 is 11.6 Å². The van der Waals surface area contributed by atoms with Crippen LogP contribution in [-0.2, 0) is 6.54 Å². The van der Waals surface area contributed by atoms with E-state index in [0.29, 0.717) is 13.1 Å². The Morgan fingerprint density at radius 2 is 2.20 bits per heavy atom. The molecule has 1 aliphatic rings. The molecule has 30 heavy (non-hydrogen) atoms. The number of halogens is 1. The van der Waals surface area contributed by atoms with E-state index in [1.54, 1.807) is 0 Å². The van der Waals surface area contributed by atoms with Gasteiger partial charge in [-0.05, 0) is 49.6 Å². The number of nitrogens with two attached hydrogens (primary N) is 1. The smallest absolute Gasteiger partial charge is 0.0918 e. The second-order valence-electron chi connectivity index (χ2n) is 7.78. The predicted molar refractivity (Wildman–Crippen MR) is 127 cm³/mol. The first kappa shape index (κ1) is 22.0. The lowest BCUT2D eigenvalue weighted by Gasteiger charge is -2.37. The predicted octanol–water partition coefficient (Wildman–Crippen LogP) is 3.87. The second-order valence-corrected chi connectivity index (χ2v) is 8.21. The molecule has 1 aliphatic heterocycles. The molecule has 6 N–H and O–H groups in total. The molecule has 0 radical (unpaired) electrons. The van der Waals surface area contributed by atoms with Crippen LogP contribution in [0.25, 0.3) is 10.9 Å². The average molecular weight is 427 g/mol. The van der Waals surface area contributed by atoms with E-state index in [4.69, 9.17) is 22.7 Å². The Bertz CT molecular complexity index is 973. The molecule has 7 heteroatoms. The lowest BCUT2D eigenvalue weighted by Crippen LogP contribution is -2.46. The van der Waals surface area contributed by atoms with E-state index >= 15 is 0 Å². The maximum Gasteiger partial charge on any atom is 0.0918 e. The number of likely N-dealkylation sites (tertiary alicyclic amines) is 1. The van der Waals surface area contributed by atoms with Crippen LogP contribution in [-0.4, -0.2) is 41.8 Å². The molecule has 2 heterocycles. The summed E-state index contributed by atoms with van der Waals surface area (Å²) in [7, 11) is 0. The summed E-state index contributed by atoms with van der Waals surface area (Å²) >= 11 is 6.07. The zero-order valence-electron chi connectivity index (χ0n) is 17.5. The van der Waals surface area contributed by atoms with Gasteiger partial charge in [-0.25, -0.2) is 0 Å². The van der Waals surface area contributed by atoms with Crippen LogP contribution in [0, 0.1) is 5.41 Å². The minimum atomic E-state index is 0.266. The molecule has 1 fully saturated rings. The normalized spacial score (nSPS) is 17.4. The molecular formula is C23H31ClN6. The van der Waals surface area contributed by atoms with Gasteiger partial charge in [0, 0.05) is 64.8 Å². The fourth-order valence-electron chi connectivity index (χ4n) is 3.83. The minimum Gasteiger partial charge on any atom is -0.369 e. The molecule has 1 unspecified atom stereocenters. The SMILES string of the molecule is C=C(NCc1cc2cc(Cl)ccc2[nH]1)NC1CCCN(C(=C)/C(C=N)=C(/C)CN)C1. The van der Waals surface area contributed by atoms with Gasteiger partial charge in [0.1, 0.15) is 0 Å². The lowest BCUT2D eigenvalue weighted by atomic mass is 10.0. The number of hydrogen-bond acceptors (Lipinski definition) is 5. The number of fused-ring (bicyclic) bond motifs is 1. The first-order valence-corrected chi connectivity index (χ1v) is 10.6. The molecule has 1 aromatic heterocycles. The number of benzene rings is 1. The molecule has 2 aromatic rings. The summed E-state index contributed by atoms with van der Waals surface area (Å²) in [5, 5.41) is 16.4. The van der Waals surface area contributed by atoms with Gasteiger partial charge in [-0.3, -0.25) is 0 Å². The molecule has 0 aliphatic carbocycles. The standard InChI is InChI=1S/C23H31ClN6/c1-15(11-25)22(12-26)16(2)30-8-4-5-20(14-30)28-17(3)27-13-21-10-18-9-19(24)6-7-23(18)29-21/h6-7,9-10,12,20,26-29H,2-5,8,11,13-14,25H2,1H3/b22-15-,26-12?. The minimum absolute atomic E-state index is 0.266. The Morgan fingerprint density at radius 1 is 1.40 bits per heavy atom. The highest BCUT2D eigenvalue weighted by Crippen LogP contribution is 2.22. The Balaban J connectivity index is 1.54. The van der Waals surface area contributed by atoms with Crippen LogP contribution in [0.15, 0.2) is 60.1 Å². The van der Waals surface area contributed by atoms with E-state index in [2.05, 4.69) is 39.7 Å². The highest BCUT2D eigenvalue weighted by Gasteiger charge is 2.22. The fraction of sp³-hybridized carbons (Fsp3) is 0.348. The van der Waals surface area contributed by atoms with Gasteiger partial charge in [0.25, 0.3) is 0 Å². The number of allylic oxidation sites excluding steroid dienone is 1. The van der Waals surface area contributed by atoms with E-state index in [9.17, 15) is 0 Å². The molecule has 1 aromatic carbocycles. The molecule has 160 valence electrons. The Kier molecular flexibility index (Phi) is 7.24. The molecule has 6 nitrogen and oxygen atoms in total. The summed E-state index contributed by atoms with van der Waals surface area (Å²) in [6, 6.07) is 8.19. The van der Waals surface area contributed by atoms with Crippen molar-refractivity contribution in [2.24, 2.45) is 5.73 Å². The van der Waals surface area contributed by atoms with Crippen molar-refractivity contribution in [3.05, 3.63) is 70.8 Å². The number of nitrogens with zero attached hydrogens (tertiary/aromatic N) is 1. The number of aromatic nitrogens is 1. The van der Waals surface area contributed by atoms with Crippen molar-refractivity contribution in [2.75, 3.05) is 19.6 Å². The Morgan fingerprint density at radius 3 is 2.93 bits per heavy atom. The molecule has 1 atom stereocenters. The second kappa shape index (κ2) is 9.87. The maximum atomic E-state index is 7.72. The van der Waals surface area contributed by atoms with Crippen molar-refractivity contribution in [2.45, 2.75) is 32.4 Å². The topological polar surface area (TPSA) is 93.0 Å². The number of rotatable bonds is 9. The summed E-state index contributed by atoms with van der Waals surface area (Å²) in [5.41, 5.74) is 10.6. The van der Waals surface area contributed by atoms with Gasteiger partial charge in [0.2, 0.25) is 0 Å². The van der Waals surface area contributed by atoms with Gasteiger partial charge in [-0.15, -0.1) is 0 Å². The van der Waals surface area contributed by atoms with Crippen LogP contribution in [0.2, 0.25) is 5.02 Å². The van der Waals surface area contributed by atoms with Gasteiger partial charge in [-0.1, -0.05) is 24.8 Å². The third-order valence-electron chi connectivity index (χ3n) is 5.53. The monoisotopic (exact) mass is 426 g/mol. The highest BCUT2D eigenvalue weighted by molar-refractivity contribution is 6.31. The summed E-state index contributed by atoms with van der Waals surface area (Å²) in [5.74, 6) is 0.796. The van der Waals surface area contributed by atoms with Gasteiger partial charge < -0.3 is 31.7 Å². The maximum absolute atomic E-state index is 7.72. The highest BCUT2D eigenvalue weighted by atomic mass is 35.5. The Labute approximate surface area is 183 Å². The lowest BCUT2D eigenvalue weighted by molar-refractivity contribution is 0.245. The molecule has 0 saturated carbocycles. The van der Waals surface area contributed by atoms with Crippen LogP contribution < -0.4 is 16.4 Å². The molecular weight excluding hydrogens is 396 g/mol. The van der Waals surface area contributed by atoms with Crippen LogP contribution in [0.4, 0.5) is 0 Å². The van der Waals surface area contributed by atoms with Crippen LogP contribution in [0.5, 0.6) is 0 Å². The third kappa shape index (κ3) is 5.26. The third-order valence-corrected chi connectivity index (χ3v) is 5.77. The largest absolute Gasteiger partial charge is 0.369 e. The summed E-state index contributed by atoms with van der Waals surface area (Å²) in [6.07, 6.45) is 3.48. The first-order valence-electron chi connectivity index (χ1n) is 10.2. The summed E-state index contributed by atoms with van der Waals surface area (Å²) in [4.78, 5) is 5.62. The quantitative estimate of drug-likeness (QED) is 0.311. The first-order chi connectivity index (χ1) is 14.4. The zero-order valence-corrected chi connectivity index (χ0v) is 18.3. The van der Waals surface area contributed by atoms with Crippen molar-refractivity contribution >= 4 is 28.7 Å². The number of H-pyrrole nitrogens is 1. The van der Waals surface area contributed by atoms with Crippen LogP contribution in [0.1, 0.15) is 25.5 Å². The van der Waals surface area contributed by atoms with Gasteiger partial charge in [0.05, 0.1) is 12.4 Å². The number of aromatic amines is 1. The summed E-state index contributed by atoms with van der Waals surface area (Å²) < 4.78 is 0. The Hall–Kier alpha value is -2.70. The molecule has 1 saturated heterocycles. The zero-order chi connectivity index (χ0) is 21.7. The van der Waals surface area contributed by atoms with Crippen molar-refractivity contribution in [1.29, 1.82) is 5.41 Å². The van der Waals surface area contributed by atoms with Crippen molar-refractivity contribution in [3.63, 3.8) is 0 Å². The molecule has 0 spiro atoms. The molecule has 0 bridgehead atoms. The van der Waals surface area contributed by atoms with Crippen molar-refractivity contribution in [3.8, 4) is 0 Å².